The average Bonchev–Trinajstić information content (AvgIpc) is 2.10. The normalized spacial score (nSPS) is 10.0. The highest BCUT2D eigenvalue weighted by molar-refractivity contribution is 5.78. The van der Waals surface area contributed by atoms with E-state index in [9.17, 15) is 14.0 Å². The van der Waals surface area contributed by atoms with Gasteiger partial charge in [0.25, 0.3) is 0 Å². The minimum Gasteiger partial charge on any atom is -0.381 e. The first-order valence-corrected chi connectivity index (χ1v) is 3.64. The number of nitrogen functional groups attached to an aromatic ring is 1. The molecule has 0 unspecified atom stereocenters. The number of halogens is 1. The van der Waals surface area contributed by atoms with Crippen LogP contribution in [0.3, 0.4) is 0 Å². The van der Waals surface area contributed by atoms with Gasteiger partial charge in [-0.1, -0.05) is 6.92 Å². The highest BCUT2D eigenvalue weighted by Crippen LogP contribution is 2.00. The Bertz CT molecular complexity index is 399. The summed E-state index contributed by atoms with van der Waals surface area (Å²) in [7, 11) is 0. The van der Waals surface area contributed by atoms with E-state index in [0.717, 1.165) is 6.20 Å². The van der Waals surface area contributed by atoms with Gasteiger partial charge in [-0.25, -0.2) is 13.8 Å². The number of nitrogens with zero attached hydrogens (tertiary/aromatic N) is 2. The Kier molecular flexibility index (Phi) is 2.41. The molecule has 6 heteroatoms. The Balaban J connectivity index is 3.32. The van der Waals surface area contributed by atoms with Crippen LogP contribution in [0.25, 0.3) is 0 Å². The van der Waals surface area contributed by atoms with E-state index >= 15 is 0 Å². The zero-order valence-corrected chi connectivity index (χ0v) is 6.95. The summed E-state index contributed by atoms with van der Waals surface area (Å²) >= 11 is 0. The van der Waals surface area contributed by atoms with Crippen molar-refractivity contribution in [2.24, 2.45) is 0 Å². The fourth-order valence-electron chi connectivity index (χ4n) is 0.794. The maximum atomic E-state index is 12.8. The highest BCUT2D eigenvalue weighted by atomic mass is 19.1. The molecule has 0 fully saturated rings. The van der Waals surface area contributed by atoms with E-state index in [2.05, 4.69) is 4.98 Å². The second-order valence-electron chi connectivity index (χ2n) is 2.37. The number of hydrogen-bond acceptors (Lipinski definition) is 4. The van der Waals surface area contributed by atoms with Gasteiger partial charge in [0.15, 0.2) is 11.6 Å². The fraction of sp³-hybridized carbons (Fsp3) is 0.286. The molecule has 5 nitrogen and oxygen atoms in total. The van der Waals surface area contributed by atoms with Crippen LogP contribution in [0.5, 0.6) is 0 Å². The monoisotopic (exact) mass is 185 g/mol. The lowest BCUT2D eigenvalue weighted by atomic mass is 10.4. The Hall–Kier alpha value is -1.72. The van der Waals surface area contributed by atoms with E-state index in [1.807, 2.05) is 0 Å². The predicted molar refractivity (Wildman–Crippen MR) is 43.8 cm³/mol. The van der Waals surface area contributed by atoms with Crippen LogP contribution in [-0.4, -0.2) is 15.5 Å². The number of nitrogens with two attached hydrogens (primary N) is 1. The lowest BCUT2D eigenvalue weighted by Crippen LogP contribution is -2.29. The number of carbonyl (C=O) groups is 1. The molecule has 0 saturated heterocycles. The molecule has 0 aliphatic heterocycles. The van der Waals surface area contributed by atoms with Gasteiger partial charge in [0.1, 0.15) is 0 Å². The van der Waals surface area contributed by atoms with Crippen molar-refractivity contribution >= 4 is 11.7 Å². The molecule has 2 N–H and O–H groups in total. The SMILES string of the molecule is CCC(=O)n1cc(F)c(N)nc1=O. The van der Waals surface area contributed by atoms with Gasteiger partial charge < -0.3 is 5.73 Å². The van der Waals surface area contributed by atoms with E-state index in [-0.39, 0.29) is 6.42 Å². The van der Waals surface area contributed by atoms with Crippen molar-refractivity contribution in [3.05, 3.63) is 22.5 Å². The molecule has 0 aliphatic carbocycles. The van der Waals surface area contributed by atoms with Crippen molar-refractivity contribution in [1.29, 1.82) is 0 Å². The summed E-state index contributed by atoms with van der Waals surface area (Å²) < 4.78 is 13.4. The fourth-order valence-corrected chi connectivity index (χ4v) is 0.794. The molecule has 1 aromatic heterocycles. The Labute approximate surface area is 73.0 Å². The number of aromatic nitrogens is 2. The van der Waals surface area contributed by atoms with E-state index < -0.39 is 23.2 Å². The van der Waals surface area contributed by atoms with E-state index in [0.29, 0.717) is 4.57 Å². The van der Waals surface area contributed by atoms with Gasteiger partial charge in [-0.2, -0.15) is 4.98 Å². The molecular weight excluding hydrogens is 177 g/mol. The zero-order chi connectivity index (χ0) is 10.0. The highest BCUT2D eigenvalue weighted by Gasteiger charge is 2.09. The minimum absolute atomic E-state index is 0.102. The molecule has 1 heterocycles. The molecule has 0 radical (unpaired) electrons. The topological polar surface area (TPSA) is 78.0 Å². The van der Waals surface area contributed by atoms with Crippen molar-refractivity contribution in [2.75, 3.05) is 5.73 Å². The summed E-state index contributed by atoms with van der Waals surface area (Å²) in [6.45, 7) is 1.56. The van der Waals surface area contributed by atoms with Crippen LogP contribution in [0.2, 0.25) is 0 Å². The van der Waals surface area contributed by atoms with Gasteiger partial charge >= 0.3 is 5.69 Å². The molecule has 70 valence electrons. The summed E-state index contributed by atoms with van der Waals surface area (Å²) in [5.74, 6) is -1.89. The van der Waals surface area contributed by atoms with E-state index in [4.69, 9.17) is 5.73 Å². The largest absolute Gasteiger partial charge is 0.381 e. The van der Waals surface area contributed by atoms with Crippen molar-refractivity contribution in [1.82, 2.24) is 9.55 Å². The summed E-state index contributed by atoms with van der Waals surface area (Å²) in [6, 6.07) is 0. The van der Waals surface area contributed by atoms with Gasteiger partial charge in [0.05, 0.1) is 6.20 Å². The molecule has 0 atom stereocenters. The standard InChI is InChI=1S/C7H8FN3O2/c1-2-5(12)11-3-4(8)6(9)10-7(11)13/h3H,2H2,1H3,(H2,9,10,13). The van der Waals surface area contributed by atoms with Gasteiger partial charge in [-0.3, -0.25) is 4.79 Å². The van der Waals surface area contributed by atoms with Crippen LogP contribution in [0.1, 0.15) is 18.1 Å². The first-order valence-electron chi connectivity index (χ1n) is 3.64. The summed E-state index contributed by atoms with van der Waals surface area (Å²) in [5.41, 5.74) is 4.16. The Morgan fingerprint density at radius 1 is 1.77 bits per heavy atom. The van der Waals surface area contributed by atoms with Gasteiger partial charge in [0, 0.05) is 6.42 Å². The third-order valence-corrected chi connectivity index (χ3v) is 1.48. The van der Waals surface area contributed by atoms with Gasteiger partial charge in [0.2, 0.25) is 5.91 Å². The molecule has 0 amide bonds. The van der Waals surface area contributed by atoms with Gasteiger partial charge in [-0.05, 0) is 0 Å². The third kappa shape index (κ3) is 1.71. The zero-order valence-electron chi connectivity index (χ0n) is 6.95. The van der Waals surface area contributed by atoms with Crippen molar-refractivity contribution in [2.45, 2.75) is 13.3 Å². The molecule has 1 aromatic rings. The van der Waals surface area contributed by atoms with Crippen molar-refractivity contribution < 1.29 is 9.18 Å². The third-order valence-electron chi connectivity index (χ3n) is 1.48. The molecule has 0 bridgehead atoms. The number of hydrogen-bond donors (Lipinski definition) is 1. The van der Waals surface area contributed by atoms with E-state index in [1.165, 1.54) is 0 Å². The van der Waals surface area contributed by atoms with Crippen LogP contribution in [0, 0.1) is 5.82 Å². The molecule has 0 spiro atoms. The van der Waals surface area contributed by atoms with Crippen molar-refractivity contribution in [3.8, 4) is 0 Å². The smallest absolute Gasteiger partial charge is 0.356 e. The number of rotatable bonds is 1. The van der Waals surface area contributed by atoms with Gasteiger partial charge in [-0.15, -0.1) is 0 Å². The number of anilines is 1. The van der Waals surface area contributed by atoms with Crippen LogP contribution < -0.4 is 11.4 Å². The molecule has 0 aromatic carbocycles. The summed E-state index contributed by atoms with van der Waals surface area (Å²) in [5, 5.41) is 0. The summed E-state index contributed by atoms with van der Waals surface area (Å²) in [4.78, 5) is 25.1. The van der Waals surface area contributed by atoms with E-state index in [1.54, 1.807) is 6.92 Å². The lowest BCUT2D eigenvalue weighted by molar-refractivity contribution is 0.0901. The lowest BCUT2D eigenvalue weighted by Gasteiger charge is -2.01. The second-order valence-corrected chi connectivity index (χ2v) is 2.37. The number of carbonyl (C=O) groups excluding carboxylic acids is 1. The maximum Gasteiger partial charge on any atom is 0.356 e. The Morgan fingerprint density at radius 3 is 2.92 bits per heavy atom. The quantitative estimate of drug-likeness (QED) is 0.668. The predicted octanol–water partition coefficient (Wildman–Crippen LogP) is 0.0148. The van der Waals surface area contributed by atoms with Crippen LogP contribution >= 0.6 is 0 Å². The first-order chi connectivity index (χ1) is 6.06. The minimum atomic E-state index is -0.874. The second kappa shape index (κ2) is 3.34. The molecular formula is C7H8FN3O2. The molecule has 13 heavy (non-hydrogen) atoms. The Morgan fingerprint density at radius 2 is 2.38 bits per heavy atom. The summed E-state index contributed by atoms with van der Waals surface area (Å²) in [6.07, 6.45) is 0.849. The van der Waals surface area contributed by atoms with Crippen molar-refractivity contribution in [3.63, 3.8) is 0 Å². The molecule has 0 saturated carbocycles. The molecule has 0 aliphatic rings. The van der Waals surface area contributed by atoms with Crippen LogP contribution in [-0.2, 0) is 0 Å². The van der Waals surface area contributed by atoms with Crippen LogP contribution in [0.4, 0.5) is 10.2 Å². The average molecular weight is 185 g/mol. The maximum absolute atomic E-state index is 12.8. The van der Waals surface area contributed by atoms with Crippen LogP contribution in [0.15, 0.2) is 11.0 Å². The first kappa shape index (κ1) is 9.37. The molecule has 1 rings (SSSR count).